The molecule has 27 heavy (non-hydrogen) atoms. The van der Waals surface area contributed by atoms with Gasteiger partial charge in [0.25, 0.3) is 0 Å². The summed E-state index contributed by atoms with van der Waals surface area (Å²) in [4.78, 5) is 22.3. The van der Waals surface area contributed by atoms with Crippen molar-refractivity contribution in [3.05, 3.63) is 39.4 Å². The third kappa shape index (κ3) is 5.22. The summed E-state index contributed by atoms with van der Waals surface area (Å²) in [5.74, 6) is 0.609. The van der Waals surface area contributed by atoms with Crippen LogP contribution >= 0.6 is 34.2 Å². The van der Waals surface area contributed by atoms with Crippen LogP contribution in [0.25, 0.3) is 11.1 Å². The number of rotatable bonds is 4. The molecule has 3 heterocycles. The van der Waals surface area contributed by atoms with Crippen LogP contribution < -0.4 is 4.74 Å². The second kappa shape index (κ2) is 8.18. The van der Waals surface area contributed by atoms with Crippen molar-refractivity contribution in [1.29, 1.82) is 0 Å². The number of pyridine rings is 2. The molecule has 1 aliphatic rings. The van der Waals surface area contributed by atoms with E-state index in [2.05, 4.69) is 32.6 Å². The molecule has 0 saturated carbocycles. The standard InChI is InChI=1S/C19H21ClIN3O3/c1-19(2,3)27-18(25)24-7-5-13(24)11-26-14-9-15(17(20)23-10-14)12-4-6-22-16(21)8-12/h4,6,8-10,13H,5,7,11H2,1-3H3/t13-/m0/s1. The van der Waals surface area contributed by atoms with Gasteiger partial charge in [0.05, 0.1) is 12.2 Å². The van der Waals surface area contributed by atoms with Crippen molar-refractivity contribution >= 4 is 40.3 Å². The monoisotopic (exact) mass is 501 g/mol. The van der Waals surface area contributed by atoms with Gasteiger partial charge in [-0.3, -0.25) is 4.98 Å². The van der Waals surface area contributed by atoms with E-state index in [9.17, 15) is 4.79 Å². The van der Waals surface area contributed by atoms with Crippen LogP contribution in [0, 0.1) is 3.70 Å². The second-order valence-electron chi connectivity index (χ2n) is 7.30. The first-order valence-corrected chi connectivity index (χ1v) is 10.1. The Kier molecular flexibility index (Phi) is 6.10. The molecule has 3 rings (SSSR count). The molecule has 0 radical (unpaired) electrons. The Morgan fingerprint density at radius 1 is 1.37 bits per heavy atom. The highest BCUT2D eigenvalue weighted by Gasteiger charge is 2.35. The average Bonchev–Trinajstić information content (AvgIpc) is 2.53. The lowest BCUT2D eigenvalue weighted by atomic mass is 10.1. The molecular formula is C19H21ClIN3O3. The highest BCUT2D eigenvalue weighted by Crippen LogP contribution is 2.30. The lowest BCUT2D eigenvalue weighted by molar-refractivity contribution is -0.0141. The number of hydrogen-bond donors (Lipinski definition) is 0. The maximum absolute atomic E-state index is 12.2. The maximum Gasteiger partial charge on any atom is 0.410 e. The van der Waals surface area contributed by atoms with Crippen molar-refractivity contribution in [2.75, 3.05) is 13.2 Å². The summed E-state index contributed by atoms with van der Waals surface area (Å²) in [6.07, 6.45) is 3.90. The molecule has 1 aliphatic heterocycles. The number of amides is 1. The van der Waals surface area contributed by atoms with E-state index < -0.39 is 5.60 Å². The topological polar surface area (TPSA) is 64.5 Å². The SMILES string of the molecule is CC(C)(C)OC(=O)N1CC[C@H]1COc1cnc(Cl)c(-c2ccnc(I)c2)c1. The smallest absolute Gasteiger partial charge is 0.410 e. The van der Waals surface area contributed by atoms with Crippen LogP contribution in [0.2, 0.25) is 5.15 Å². The fourth-order valence-corrected chi connectivity index (χ4v) is 3.36. The lowest BCUT2D eigenvalue weighted by Gasteiger charge is -2.41. The van der Waals surface area contributed by atoms with E-state index in [-0.39, 0.29) is 12.1 Å². The Balaban J connectivity index is 1.65. The number of carbonyl (C=O) groups is 1. The molecule has 1 amide bonds. The molecule has 0 unspecified atom stereocenters. The molecule has 0 aromatic carbocycles. The molecule has 0 N–H and O–H groups in total. The molecular weight excluding hydrogens is 481 g/mol. The third-order valence-corrected chi connectivity index (χ3v) is 4.96. The van der Waals surface area contributed by atoms with Crippen LogP contribution in [-0.2, 0) is 4.74 Å². The first-order chi connectivity index (χ1) is 12.7. The van der Waals surface area contributed by atoms with Crippen LogP contribution in [0.3, 0.4) is 0 Å². The van der Waals surface area contributed by atoms with E-state index in [4.69, 9.17) is 21.1 Å². The first-order valence-electron chi connectivity index (χ1n) is 8.63. The molecule has 2 aromatic heterocycles. The molecule has 2 aromatic rings. The summed E-state index contributed by atoms with van der Waals surface area (Å²) in [6, 6.07) is 5.67. The lowest BCUT2D eigenvalue weighted by Crippen LogP contribution is -2.55. The number of hydrogen-bond acceptors (Lipinski definition) is 5. The maximum atomic E-state index is 12.2. The highest BCUT2D eigenvalue weighted by molar-refractivity contribution is 14.1. The number of likely N-dealkylation sites (tertiary alicyclic amines) is 1. The van der Waals surface area contributed by atoms with Crippen LogP contribution in [0.5, 0.6) is 5.75 Å². The van der Waals surface area contributed by atoms with Gasteiger partial charge in [-0.1, -0.05) is 11.6 Å². The Morgan fingerprint density at radius 2 is 2.15 bits per heavy atom. The van der Waals surface area contributed by atoms with Crippen molar-refractivity contribution in [2.24, 2.45) is 0 Å². The Morgan fingerprint density at radius 3 is 2.78 bits per heavy atom. The van der Waals surface area contributed by atoms with Gasteiger partial charge in [0.2, 0.25) is 0 Å². The minimum absolute atomic E-state index is 0.000789. The van der Waals surface area contributed by atoms with E-state index in [0.29, 0.717) is 24.1 Å². The van der Waals surface area contributed by atoms with Gasteiger partial charge in [-0.25, -0.2) is 9.78 Å². The predicted molar refractivity (Wildman–Crippen MR) is 112 cm³/mol. The number of carbonyl (C=O) groups excluding carboxylic acids is 1. The average molecular weight is 502 g/mol. The Hall–Kier alpha value is -1.61. The van der Waals surface area contributed by atoms with Gasteiger partial charge < -0.3 is 14.4 Å². The minimum atomic E-state index is -0.505. The number of ether oxygens (including phenoxy) is 2. The molecule has 0 bridgehead atoms. The first kappa shape index (κ1) is 20.1. The predicted octanol–water partition coefficient (Wildman–Crippen LogP) is 4.79. The zero-order chi connectivity index (χ0) is 19.6. The molecule has 1 saturated heterocycles. The molecule has 144 valence electrons. The second-order valence-corrected chi connectivity index (χ2v) is 8.77. The van der Waals surface area contributed by atoms with Gasteiger partial charge in [-0.05, 0) is 73.5 Å². The van der Waals surface area contributed by atoms with Crippen molar-refractivity contribution in [2.45, 2.75) is 38.8 Å². The summed E-state index contributed by atoms with van der Waals surface area (Å²) in [5, 5.41) is 0.406. The zero-order valence-corrected chi connectivity index (χ0v) is 18.3. The van der Waals surface area contributed by atoms with Gasteiger partial charge in [-0.2, -0.15) is 0 Å². The van der Waals surface area contributed by atoms with E-state index in [1.165, 1.54) is 0 Å². The summed E-state index contributed by atoms with van der Waals surface area (Å²) < 4.78 is 12.2. The molecule has 8 heteroatoms. The largest absolute Gasteiger partial charge is 0.490 e. The minimum Gasteiger partial charge on any atom is -0.490 e. The number of halogens is 2. The summed E-state index contributed by atoms with van der Waals surface area (Å²) in [5.41, 5.74) is 1.21. The van der Waals surface area contributed by atoms with Gasteiger partial charge in [0.1, 0.15) is 26.8 Å². The van der Waals surface area contributed by atoms with Crippen LogP contribution in [-0.4, -0.2) is 45.8 Å². The van der Waals surface area contributed by atoms with Crippen LogP contribution in [0.4, 0.5) is 4.79 Å². The fourth-order valence-electron chi connectivity index (χ4n) is 2.65. The zero-order valence-electron chi connectivity index (χ0n) is 15.4. The summed E-state index contributed by atoms with van der Waals surface area (Å²) >= 11 is 8.40. The molecule has 1 fully saturated rings. The van der Waals surface area contributed by atoms with Gasteiger partial charge in [-0.15, -0.1) is 0 Å². The molecule has 0 aliphatic carbocycles. The van der Waals surface area contributed by atoms with Crippen LogP contribution in [0.15, 0.2) is 30.6 Å². The Labute approximate surface area is 177 Å². The van der Waals surface area contributed by atoms with Gasteiger partial charge in [0, 0.05) is 18.3 Å². The third-order valence-electron chi connectivity index (χ3n) is 4.07. The number of nitrogens with zero attached hydrogens (tertiary/aromatic N) is 3. The Bertz CT molecular complexity index is 841. The summed E-state index contributed by atoms with van der Waals surface area (Å²) in [7, 11) is 0. The molecule has 6 nitrogen and oxygen atoms in total. The van der Waals surface area contributed by atoms with Crippen LogP contribution in [0.1, 0.15) is 27.2 Å². The summed E-state index contributed by atoms with van der Waals surface area (Å²) in [6.45, 7) is 6.64. The van der Waals surface area contributed by atoms with Crippen molar-refractivity contribution in [3.63, 3.8) is 0 Å². The normalized spacial score (nSPS) is 16.6. The van der Waals surface area contributed by atoms with Gasteiger partial charge >= 0.3 is 6.09 Å². The quantitative estimate of drug-likeness (QED) is 0.445. The highest BCUT2D eigenvalue weighted by atomic mass is 127. The van der Waals surface area contributed by atoms with Crippen molar-refractivity contribution < 1.29 is 14.3 Å². The fraction of sp³-hybridized carbons (Fsp3) is 0.421. The van der Waals surface area contributed by atoms with Gasteiger partial charge in [0.15, 0.2) is 0 Å². The molecule has 1 atom stereocenters. The van der Waals surface area contributed by atoms with Crippen molar-refractivity contribution in [1.82, 2.24) is 14.9 Å². The van der Waals surface area contributed by atoms with E-state index in [1.807, 2.05) is 39.0 Å². The van der Waals surface area contributed by atoms with E-state index in [0.717, 1.165) is 21.2 Å². The van der Waals surface area contributed by atoms with E-state index in [1.54, 1.807) is 17.3 Å². The molecule has 0 spiro atoms. The number of aromatic nitrogens is 2. The van der Waals surface area contributed by atoms with Crippen molar-refractivity contribution in [3.8, 4) is 16.9 Å². The van der Waals surface area contributed by atoms with E-state index >= 15 is 0 Å².